The predicted molar refractivity (Wildman–Crippen MR) is 65.5 cm³/mol. The smallest absolute Gasteiger partial charge is 0.122 e. The van der Waals surface area contributed by atoms with E-state index in [-0.39, 0.29) is 0 Å². The van der Waals surface area contributed by atoms with Crippen LogP contribution in [0.5, 0.6) is 5.75 Å². The molecule has 0 heterocycles. The van der Waals surface area contributed by atoms with E-state index < -0.39 is 0 Å². The lowest BCUT2D eigenvalue weighted by Gasteiger charge is -2.08. The monoisotopic (exact) mass is 204 g/mol. The van der Waals surface area contributed by atoms with Crippen molar-refractivity contribution in [2.75, 3.05) is 6.61 Å². The fourth-order valence-electron chi connectivity index (χ4n) is 1.38. The third-order valence-corrected chi connectivity index (χ3v) is 2.27. The molecule has 0 amide bonds. The molecule has 82 valence electrons. The third kappa shape index (κ3) is 4.20. The van der Waals surface area contributed by atoms with Crippen LogP contribution in [-0.4, -0.2) is 6.61 Å². The van der Waals surface area contributed by atoms with Crippen LogP contribution in [0.4, 0.5) is 0 Å². The highest BCUT2D eigenvalue weighted by Crippen LogP contribution is 2.19. The van der Waals surface area contributed by atoms with Crippen molar-refractivity contribution in [2.45, 2.75) is 34.1 Å². The molecule has 0 aromatic heterocycles. The third-order valence-electron chi connectivity index (χ3n) is 2.27. The molecule has 1 heteroatoms. The summed E-state index contributed by atoms with van der Waals surface area (Å²) < 4.78 is 5.72. The largest absolute Gasteiger partial charge is 0.493 e. The number of rotatable bonds is 4. The molecule has 0 radical (unpaired) electrons. The van der Waals surface area contributed by atoms with Crippen molar-refractivity contribution >= 4 is 0 Å². The van der Waals surface area contributed by atoms with E-state index >= 15 is 0 Å². The summed E-state index contributed by atoms with van der Waals surface area (Å²) in [5.74, 6) is 1.01. The summed E-state index contributed by atoms with van der Waals surface area (Å²) in [4.78, 5) is 0. The summed E-state index contributed by atoms with van der Waals surface area (Å²) in [5, 5.41) is 0. The Hall–Kier alpha value is -1.24. The van der Waals surface area contributed by atoms with Crippen LogP contribution in [-0.2, 0) is 0 Å². The average molecular weight is 204 g/mol. The van der Waals surface area contributed by atoms with Gasteiger partial charge in [0, 0.05) is 0 Å². The van der Waals surface area contributed by atoms with Crippen LogP contribution in [0.25, 0.3) is 0 Å². The average Bonchev–Trinajstić information content (AvgIpc) is 2.17. The second-order valence-corrected chi connectivity index (χ2v) is 4.19. The van der Waals surface area contributed by atoms with Gasteiger partial charge in [0.1, 0.15) is 5.75 Å². The summed E-state index contributed by atoms with van der Waals surface area (Å²) in [6.45, 7) is 9.14. The van der Waals surface area contributed by atoms with E-state index in [2.05, 4.69) is 52.0 Å². The Morgan fingerprint density at radius 1 is 1.27 bits per heavy atom. The first-order valence-corrected chi connectivity index (χ1v) is 5.43. The summed E-state index contributed by atoms with van der Waals surface area (Å²) in [6, 6.07) is 6.31. The van der Waals surface area contributed by atoms with Gasteiger partial charge in [0.05, 0.1) is 6.61 Å². The van der Waals surface area contributed by atoms with Gasteiger partial charge in [-0.3, -0.25) is 0 Å². The first kappa shape index (κ1) is 11.8. The van der Waals surface area contributed by atoms with E-state index in [4.69, 9.17) is 4.74 Å². The molecule has 0 aliphatic rings. The molecule has 1 aromatic rings. The molecule has 0 bridgehead atoms. The van der Waals surface area contributed by atoms with Crippen LogP contribution in [0.15, 0.2) is 29.8 Å². The summed E-state index contributed by atoms with van der Waals surface area (Å²) in [5.41, 5.74) is 3.80. The van der Waals surface area contributed by atoms with E-state index in [1.807, 2.05) is 0 Å². The van der Waals surface area contributed by atoms with E-state index in [1.54, 1.807) is 0 Å². The Morgan fingerprint density at radius 2 is 2.00 bits per heavy atom. The first-order chi connectivity index (χ1) is 7.09. The van der Waals surface area contributed by atoms with Gasteiger partial charge >= 0.3 is 0 Å². The van der Waals surface area contributed by atoms with E-state index in [0.717, 1.165) is 18.8 Å². The predicted octanol–water partition coefficient (Wildman–Crippen LogP) is 4.04. The zero-order chi connectivity index (χ0) is 11.3. The highest BCUT2D eigenvalue weighted by molar-refractivity contribution is 5.35. The lowest BCUT2D eigenvalue weighted by atomic mass is 10.1. The molecule has 1 rings (SSSR count). The van der Waals surface area contributed by atoms with Crippen molar-refractivity contribution in [3.8, 4) is 5.75 Å². The molecular formula is C14H20O. The molecule has 0 fully saturated rings. The Bertz CT molecular complexity index is 346. The molecule has 0 N–H and O–H groups in total. The van der Waals surface area contributed by atoms with Crippen molar-refractivity contribution in [3.63, 3.8) is 0 Å². The molecule has 0 saturated carbocycles. The van der Waals surface area contributed by atoms with Gasteiger partial charge in [-0.2, -0.15) is 0 Å². The number of aryl methyl sites for hydroxylation is 2. The zero-order valence-electron chi connectivity index (χ0n) is 10.1. The molecule has 0 aliphatic heterocycles. The summed E-state index contributed by atoms with van der Waals surface area (Å²) in [7, 11) is 0. The highest BCUT2D eigenvalue weighted by atomic mass is 16.5. The molecule has 0 aliphatic carbocycles. The number of hydrogen-bond donors (Lipinski definition) is 0. The van der Waals surface area contributed by atoms with E-state index in [9.17, 15) is 0 Å². The molecule has 1 aromatic carbocycles. The molecule has 0 saturated heterocycles. The topological polar surface area (TPSA) is 9.23 Å². The molecule has 0 atom stereocenters. The molecule has 1 nitrogen and oxygen atoms in total. The van der Waals surface area contributed by atoms with E-state index in [1.165, 1.54) is 16.7 Å². The quantitative estimate of drug-likeness (QED) is 0.531. The van der Waals surface area contributed by atoms with Crippen molar-refractivity contribution in [3.05, 3.63) is 41.0 Å². The fraction of sp³-hybridized carbons (Fsp3) is 0.429. The van der Waals surface area contributed by atoms with Crippen molar-refractivity contribution in [2.24, 2.45) is 0 Å². The van der Waals surface area contributed by atoms with Crippen LogP contribution in [0.1, 0.15) is 31.4 Å². The van der Waals surface area contributed by atoms with Crippen molar-refractivity contribution in [1.82, 2.24) is 0 Å². The Morgan fingerprint density at radius 3 is 2.67 bits per heavy atom. The van der Waals surface area contributed by atoms with E-state index in [0.29, 0.717) is 0 Å². The van der Waals surface area contributed by atoms with Crippen LogP contribution in [0, 0.1) is 13.8 Å². The zero-order valence-corrected chi connectivity index (χ0v) is 10.1. The summed E-state index contributed by atoms with van der Waals surface area (Å²) in [6.07, 6.45) is 3.18. The van der Waals surface area contributed by atoms with Gasteiger partial charge in [-0.1, -0.05) is 23.8 Å². The first-order valence-electron chi connectivity index (χ1n) is 5.43. The Kier molecular flexibility index (Phi) is 4.41. The van der Waals surface area contributed by atoms with Gasteiger partial charge in [0.15, 0.2) is 0 Å². The van der Waals surface area contributed by atoms with Gasteiger partial charge in [0.2, 0.25) is 0 Å². The Balaban J connectivity index is 2.50. The molecule has 0 unspecified atom stereocenters. The van der Waals surface area contributed by atoms with Gasteiger partial charge in [-0.15, -0.1) is 0 Å². The molecule has 0 spiro atoms. The van der Waals surface area contributed by atoms with Crippen LogP contribution < -0.4 is 4.74 Å². The maximum Gasteiger partial charge on any atom is 0.122 e. The van der Waals surface area contributed by atoms with Crippen LogP contribution >= 0.6 is 0 Å². The number of ether oxygens (including phenoxy) is 1. The number of benzene rings is 1. The van der Waals surface area contributed by atoms with Crippen molar-refractivity contribution in [1.29, 1.82) is 0 Å². The standard InChI is InChI=1S/C14H20O/c1-11(2)6-5-9-15-14-10-12(3)7-8-13(14)4/h6-8,10H,5,9H2,1-4H3. The minimum Gasteiger partial charge on any atom is -0.493 e. The van der Waals surface area contributed by atoms with Gasteiger partial charge in [-0.05, 0) is 51.3 Å². The number of hydrogen-bond acceptors (Lipinski definition) is 1. The maximum atomic E-state index is 5.72. The van der Waals surface area contributed by atoms with Crippen LogP contribution in [0.2, 0.25) is 0 Å². The van der Waals surface area contributed by atoms with Crippen molar-refractivity contribution < 1.29 is 4.74 Å². The Labute approximate surface area is 92.8 Å². The normalized spacial score (nSPS) is 9.87. The second-order valence-electron chi connectivity index (χ2n) is 4.19. The number of allylic oxidation sites excluding steroid dienone is 1. The summed E-state index contributed by atoms with van der Waals surface area (Å²) >= 11 is 0. The fourth-order valence-corrected chi connectivity index (χ4v) is 1.38. The highest BCUT2D eigenvalue weighted by Gasteiger charge is 1.98. The van der Waals surface area contributed by atoms with Gasteiger partial charge in [0.25, 0.3) is 0 Å². The lowest BCUT2D eigenvalue weighted by Crippen LogP contribution is -1.98. The lowest BCUT2D eigenvalue weighted by molar-refractivity contribution is 0.322. The SMILES string of the molecule is CC(C)=CCCOc1cc(C)ccc1C. The second kappa shape index (κ2) is 5.59. The van der Waals surface area contributed by atoms with Gasteiger partial charge < -0.3 is 4.74 Å². The minimum absolute atomic E-state index is 0.759. The minimum atomic E-state index is 0.759. The molecular weight excluding hydrogens is 184 g/mol. The van der Waals surface area contributed by atoms with Gasteiger partial charge in [-0.25, -0.2) is 0 Å². The molecule has 15 heavy (non-hydrogen) atoms. The van der Waals surface area contributed by atoms with Crippen LogP contribution in [0.3, 0.4) is 0 Å². The maximum absolute atomic E-state index is 5.72.